The number of pyridine rings is 1. The Morgan fingerprint density at radius 1 is 1.06 bits per heavy atom. The van der Waals surface area contributed by atoms with Crippen molar-refractivity contribution >= 4 is 34.3 Å². The fourth-order valence-electron chi connectivity index (χ4n) is 3.96. The second kappa shape index (κ2) is 7.85. The number of likely N-dealkylation sites (tertiary alicyclic amines) is 1. The molecule has 2 aliphatic heterocycles. The molecule has 0 unspecified atom stereocenters. The van der Waals surface area contributed by atoms with Crippen LogP contribution in [-0.2, 0) is 6.18 Å². The molecule has 0 bridgehead atoms. The number of hydrogen-bond donors (Lipinski definition) is 0. The van der Waals surface area contributed by atoms with Crippen molar-refractivity contribution in [3.05, 3.63) is 46.2 Å². The minimum Gasteiger partial charge on any atom is -0.433 e. The summed E-state index contributed by atoms with van der Waals surface area (Å²) < 4.78 is 43.8. The van der Waals surface area contributed by atoms with Gasteiger partial charge < -0.3 is 14.2 Å². The lowest BCUT2D eigenvalue weighted by atomic mass is 10.1. The molecule has 3 aromatic rings. The van der Waals surface area contributed by atoms with E-state index in [4.69, 9.17) is 4.42 Å². The van der Waals surface area contributed by atoms with Gasteiger partial charge in [-0.25, -0.2) is 9.97 Å². The van der Waals surface area contributed by atoms with Gasteiger partial charge in [-0.1, -0.05) is 0 Å². The van der Waals surface area contributed by atoms with E-state index in [1.165, 1.54) is 23.5 Å². The Hall–Kier alpha value is -2.99. The van der Waals surface area contributed by atoms with Crippen LogP contribution < -0.4 is 0 Å². The van der Waals surface area contributed by atoms with E-state index in [1.54, 1.807) is 20.7 Å². The maximum absolute atomic E-state index is 12.8. The van der Waals surface area contributed by atoms with Gasteiger partial charge in [0.15, 0.2) is 5.76 Å². The molecular formula is C20H18F3N5O3S. The predicted octanol–water partition coefficient (Wildman–Crippen LogP) is 2.59. The molecule has 2 fully saturated rings. The van der Waals surface area contributed by atoms with Gasteiger partial charge in [-0.15, -0.1) is 11.3 Å². The number of piperazine rings is 1. The molecule has 0 atom stereocenters. The summed E-state index contributed by atoms with van der Waals surface area (Å²) in [6, 6.07) is 3.71. The van der Waals surface area contributed by atoms with Crippen molar-refractivity contribution in [2.24, 2.45) is 0 Å². The second-order valence-electron chi connectivity index (χ2n) is 7.77. The predicted molar refractivity (Wildman–Crippen MR) is 108 cm³/mol. The van der Waals surface area contributed by atoms with Gasteiger partial charge in [-0.05, 0) is 18.2 Å². The van der Waals surface area contributed by atoms with E-state index in [-0.39, 0.29) is 29.3 Å². The van der Waals surface area contributed by atoms with E-state index in [0.717, 1.165) is 6.07 Å². The van der Waals surface area contributed by atoms with Gasteiger partial charge in [0.05, 0.1) is 5.51 Å². The second-order valence-corrected chi connectivity index (χ2v) is 8.48. The van der Waals surface area contributed by atoms with Gasteiger partial charge in [-0.2, -0.15) is 13.2 Å². The van der Waals surface area contributed by atoms with Gasteiger partial charge in [-0.3, -0.25) is 14.5 Å². The molecule has 5 heterocycles. The third-order valence-electron chi connectivity index (χ3n) is 5.80. The van der Waals surface area contributed by atoms with Crippen LogP contribution in [0.5, 0.6) is 0 Å². The van der Waals surface area contributed by atoms with E-state index in [0.29, 0.717) is 50.3 Å². The highest BCUT2D eigenvalue weighted by atomic mass is 32.1. The first kappa shape index (κ1) is 20.9. The molecule has 0 N–H and O–H groups in total. The lowest BCUT2D eigenvalue weighted by molar-refractivity contribution is -0.141. The fourth-order valence-corrected chi connectivity index (χ4v) is 4.49. The molecule has 32 heavy (non-hydrogen) atoms. The zero-order chi connectivity index (χ0) is 22.5. The third kappa shape index (κ3) is 3.84. The minimum absolute atomic E-state index is 0.0241. The molecule has 8 nitrogen and oxygen atoms in total. The van der Waals surface area contributed by atoms with E-state index in [2.05, 4.69) is 14.9 Å². The smallest absolute Gasteiger partial charge is 0.433 e. The summed E-state index contributed by atoms with van der Waals surface area (Å²) in [7, 11) is 0. The molecule has 2 saturated heterocycles. The summed E-state index contributed by atoms with van der Waals surface area (Å²) in [5.41, 5.74) is 0.832. The minimum atomic E-state index is -4.58. The molecule has 2 amide bonds. The Kier molecular flexibility index (Phi) is 5.13. The van der Waals surface area contributed by atoms with Crippen LogP contribution >= 0.6 is 11.3 Å². The quantitative estimate of drug-likeness (QED) is 0.592. The van der Waals surface area contributed by atoms with Crippen LogP contribution in [0, 0.1) is 0 Å². The fraction of sp³-hybridized carbons (Fsp3) is 0.400. The van der Waals surface area contributed by atoms with Crippen LogP contribution in [0.15, 0.2) is 33.5 Å². The van der Waals surface area contributed by atoms with Crippen molar-refractivity contribution in [3.8, 4) is 0 Å². The molecule has 0 aliphatic carbocycles. The molecule has 12 heteroatoms. The summed E-state index contributed by atoms with van der Waals surface area (Å²) in [6.45, 7) is 3.60. The number of furan rings is 1. The van der Waals surface area contributed by atoms with Crippen molar-refractivity contribution < 1.29 is 27.2 Å². The number of hydrogen-bond acceptors (Lipinski definition) is 7. The summed E-state index contributed by atoms with van der Waals surface area (Å²) >= 11 is 1.39. The Labute approximate surface area is 184 Å². The monoisotopic (exact) mass is 465 g/mol. The highest BCUT2D eigenvalue weighted by molar-refractivity contribution is 7.07. The first-order valence-electron chi connectivity index (χ1n) is 9.98. The summed E-state index contributed by atoms with van der Waals surface area (Å²) in [4.78, 5) is 38.2. The van der Waals surface area contributed by atoms with Gasteiger partial charge in [0.25, 0.3) is 11.8 Å². The van der Waals surface area contributed by atoms with Crippen LogP contribution in [0.4, 0.5) is 13.2 Å². The number of thiazole rings is 1. The molecule has 168 valence electrons. The normalized spacial score (nSPS) is 18.2. The first-order chi connectivity index (χ1) is 15.3. The van der Waals surface area contributed by atoms with E-state index < -0.39 is 11.9 Å². The Morgan fingerprint density at radius 2 is 1.81 bits per heavy atom. The van der Waals surface area contributed by atoms with Gasteiger partial charge in [0.1, 0.15) is 11.4 Å². The van der Waals surface area contributed by atoms with Crippen LogP contribution in [-0.4, -0.2) is 81.8 Å². The number of fused-ring (bicyclic) bond motifs is 1. The molecule has 5 rings (SSSR count). The number of carbonyl (C=O) groups excluding carboxylic acids is 2. The molecule has 3 aromatic heterocycles. The summed E-state index contributed by atoms with van der Waals surface area (Å²) in [5, 5.41) is 2.08. The number of aromatic nitrogens is 2. The topological polar surface area (TPSA) is 82.8 Å². The maximum Gasteiger partial charge on any atom is 0.433 e. The number of halogens is 3. The van der Waals surface area contributed by atoms with Gasteiger partial charge in [0, 0.05) is 56.1 Å². The standard InChI is InChI=1S/C20H18F3N5O3S/c21-20(22,23)16-2-1-12-7-15(31-17(12)25-16)19(30)28-8-13(9-28)26-3-5-27(6-4-26)18(29)14-10-32-11-24-14/h1-2,7,10-11,13H,3-6,8-9H2. The lowest BCUT2D eigenvalue weighted by Gasteiger charge is -2.47. The largest absolute Gasteiger partial charge is 0.433 e. The van der Waals surface area contributed by atoms with Crippen LogP contribution in [0.25, 0.3) is 11.1 Å². The number of alkyl halides is 3. The number of amides is 2. The maximum atomic E-state index is 12.8. The zero-order valence-corrected chi connectivity index (χ0v) is 17.5. The molecular weight excluding hydrogens is 447 g/mol. The lowest BCUT2D eigenvalue weighted by Crippen LogP contribution is -2.64. The first-order valence-corrected chi connectivity index (χ1v) is 10.9. The van der Waals surface area contributed by atoms with Crippen LogP contribution in [0.2, 0.25) is 0 Å². The van der Waals surface area contributed by atoms with Crippen molar-refractivity contribution in [1.82, 2.24) is 24.7 Å². The molecule has 0 saturated carbocycles. The molecule has 2 aliphatic rings. The number of carbonyl (C=O) groups is 2. The average molecular weight is 465 g/mol. The SMILES string of the molecule is O=C(c1cscn1)N1CCN(C2CN(C(=O)c3cc4ccc(C(F)(F)F)nc4o3)C2)CC1. The molecule has 0 radical (unpaired) electrons. The molecule has 0 aromatic carbocycles. The Morgan fingerprint density at radius 3 is 2.47 bits per heavy atom. The Bertz CT molecular complexity index is 1150. The van der Waals surface area contributed by atoms with Crippen molar-refractivity contribution in [2.75, 3.05) is 39.3 Å². The van der Waals surface area contributed by atoms with Crippen molar-refractivity contribution in [1.29, 1.82) is 0 Å². The number of nitrogens with zero attached hydrogens (tertiary/aromatic N) is 5. The average Bonchev–Trinajstić information content (AvgIpc) is 3.41. The highest BCUT2D eigenvalue weighted by Gasteiger charge is 2.38. The summed E-state index contributed by atoms with van der Waals surface area (Å²) in [6.07, 6.45) is -4.58. The van der Waals surface area contributed by atoms with Crippen LogP contribution in [0.3, 0.4) is 0 Å². The van der Waals surface area contributed by atoms with E-state index in [1.807, 2.05) is 0 Å². The summed E-state index contributed by atoms with van der Waals surface area (Å²) in [5.74, 6) is -0.461. The molecule has 0 spiro atoms. The van der Waals surface area contributed by atoms with Gasteiger partial charge >= 0.3 is 6.18 Å². The number of rotatable bonds is 3. The third-order valence-corrected chi connectivity index (χ3v) is 6.39. The van der Waals surface area contributed by atoms with E-state index >= 15 is 0 Å². The van der Waals surface area contributed by atoms with E-state index in [9.17, 15) is 22.8 Å². The zero-order valence-electron chi connectivity index (χ0n) is 16.7. The Balaban J connectivity index is 1.16. The van der Waals surface area contributed by atoms with Crippen molar-refractivity contribution in [3.63, 3.8) is 0 Å². The van der Waals surface area contributed by atoms with Gasteiger partial charge in [0.2, 0.25) is 5.71 Å². The van der Waals surface area contributed by atoms with Crippen molar-refractivity contribution in [2.45, 2.75) is 12.2 Å². The van der Waals surface area contributed by atoms with Crippen LogP contribution in [0.1, 0.15) is 26.7 Å². The highest BCUT2D eigenvalue weighted by Crippen LogP contribution is 2.30.